The molecule has 0 N–H and O–H groups in total. The van der Waals surface area contributed by atoms with Crippen molar-refractivity contribution < 1.29 is 19.0 Å². The van der Waals surface area contributed by atoms with Gasteiger partial charge in [-0.25, -0.2) is 0 Å². The van der Waals surface area contributed by atoms with E-state index in [2.05, 4.69) is 12.1 Å². The molecule has 6 heteroatoms. The van der Waals surface area contributed by atoms with Crippen molar-refractivity contribution in [3.05, 3.63) is 35.4 Å². The zero-order chi connectivity index (χ0) is 18.5. The first-order chi connectivity index (χ1) is 11.8. The summed E-state index contributed by atoms with van der Waals surface area (Å²) in [4.78, 5) is 12.7. The highest BCUT2D eigenvalue weighted by atomic mass is 16.7. The van der Waals surface area contributed by atoms with Gasteiger partial charge < -0.3 is 14.2 Å². The number of nitriles is 2. The predicted molar refractivity (Wildman–Crippen MR) is 87.2 cm³/mol. The lowest BCUT2D eigenvalue weighted by Crippen LogP contribution is -2.71. The second-order valence-electron chi connectivity index (χ2n) is 6.93. The van der Waals surface area contributed by atoms with Gasteiger partial charge in [-0.1, -0.05) is 24.3 Å². The highest BCUT2D eigenvalue weighted by molar-refractivity contribution is 5.99. The first-order valence-corrected chi connectivity index (χ1v) is 8.07. The van der Waals surface area contributed by atoms with Crippen LogP contribution in [0, 0.1) is 34.0 Å². The molecule has 0 radical (unpaired) electrons. The Bertz CT molecular complexity index is 784. The summed E-state index contributed by atoms with van der Waals surface area (Å²) in [6.07, 6.45) is -0.547. The van der Waals surface area contributed by atoms with E-state index in [-0.39, 0.29) is 12.2 Å². The maximum Gasteiger partial charge on any atom is 0.230 e. The molecule has 0 aromatic heterocycles. The van der Waals surface area contributed by atoms with Crippen LogP contribution < -0.4 is 0 Å². The van der Waals surface area contributed by atoms with E-state index >= 15 is 0 Å². The third-order valence-electron chi connectivity index (χ3n) is 5.56. The predicted octanol–water partition coefficient (Wildman–Crippen LogP) is 2.76. The van der Waals surface area contributed by atoms with E-state index < -0.39 is 28.8 Å². The molecule has 25 heavy (non-hydrogen) atoms. The van der Waals surface area contributed by atoms with E-state index in [1.165, 1.54) is 14.2 Å². The Morgan fingerprint density at radius 2 is 1.76 bits per heavy atom. The summed E-state index contributed by atoms with van der Waals surface area (Å²) in [6.45, 7) is 3.47. The van der Waals surface area contributed by atoms with Gasteiger partial charge in [-0.3, -0.25) is 4.79 Å². The molecule has 6 nitrogen and oxygen atoms in total. The van der Waals surface area contributed by atoms with Crippen LogP contribution >= 0.6 is 0 Å². The molecule has 2 aliphatic rings. The molecule has 1 aliphatic heterocycles. The third kappa shape index (κ3) is 1.96. The van der Waals surface area contributed by atoms with Gasteiger partial charge in [0.1, 0.15) is 5.60 Å². The van der Waals surface area contributed by atoms with Crippen LogP contribution in [0.5, 0.6) is 0 Å². The van der Waals surface area contributed by atoms with Crippen LogP contribution in [-0.4, -0.2) is 31.4 Å². The average molecular weight is 340 g/mol. The Balaban J connectivity index is 2.30. The Kier molecular flexibility index (Phi) is 3.96. The number of fused-ring (bicyclic) bond motifs is 3. The molecule has 0 bridgehead atoms. The zero-order valence-electron chi connectivity index (χ0n) is 14.7. The van der Waals surface area contributed by atoms with Gasteiger partial charge in [-0.2, -0.15) is 10.5 Å². The molecule has 130 valence electrons. The molecule has 0 saturated carbocycles. The first-order valence-electron chi connectivity index (χ1n) is 8.07. The highest BCUT2D eigenvalue weighted by Gasteiger charge is 2.73. The summed E-state index contributed by atoms with van der Waals surface area (Å²) in [5.41, 5.74) is -1.53. The standard InChI is InChI=1S/C19H20N2O4/c1-17(2)19(23-3,24-4)18(10-20,11-21)14-9-15(22)12-7-5-6-8-13(12)16(14)25-17/h5-8,14,16H,9H2,1-4H3/t14-,16-/m1/s1. The van der Waals surface area contributed by atoms with Gasteiger partial charge in [0.15, 0.2) is 5.78 Å². The Morgan fingerprint density at radius 1 is 1.16 bits per heavy atom. The molecule has 2 atom stereocenters. The van der Waals surface area contributed by atoms with Crippen molar-refractivity contribution in [1.29, 1.82) is 10.5 Å². The normalized spacial score (nSPS) is 28.2. The Labute approximate surface area is 146 Å². The number of ketones is 1. The van der Waals surface area contributed by atoms with Crippen molar-refractivity contribution in [2.75, 3.05) is 14.2 Å². The molecule has 1 saturated heterocycles. The quantitative estimate of drug-likeness (QED) is 0.769. The van der Waals surface area contributed by atoms with E-state index in [9.17, 15) is 15.3 Å². The van der Waals surface area contributed by atoms with Crippen LogP contribution in [0.25, 0.3) is 0 Å². The van der Waals surface area contributed by atoms with Crippen LogP contribution in [0.4, 0.5) is 0 Å². The fourth-order valence-corrected chi connectivity index (χ4v) is 4.51. The van der Waals surface area contributed by atoms with Crippen LogP contribution in [-0.2, 0) is 14.2 Å². The number of nitrogens with zero attached hydrogens (tertiary/aromatic N) is 2. The summed E-state index contributed by atoms with van der Waals surface area (Å²) in [7, 11) is 2.77. The first kappa shape index (κ1) is 17.6. The number of carbonyl (C=O) groups is 1. The average Bonchev–Trinajstić information content (AvgIpc) is 2.61. The van der Waals surface area contributed by atoms with Gasteiger partial charge in [-0.15, -0.1) is 0 Å². The van der Waals surface area contributed by atoms with Crippen molar-refractivity contribution in [1.82, 2.24) is 0 Å². The summed E-state index contributed by atoms with van der Waals surface area (Å²) in [6, 6.07) is 11.4. The van der Waals surface area contributed by atoms with Gasteiger partial charge in [0.05, 0.1) is 18.2 Å². The van der Waals surface area contributed by atoms with Gasteiger partial charge in [0, 0.05) is 32.1 Å². The van der Waals surface area contributed by atoms with Crippen molar-refractivity contribution in [2.45, 2.75) is 37.8 Å². The van der Waals surface area contributed by atoms with Crippen molar-refractivity contribution >= 4 is 5.78 Å². The van der Waals surface area contributed by atoms with Crippen LogP contribution in [0.1, 0.15) is 42.3 Å². The maximum absolute atomic E-state index is 12.7. The molecule has 0 unspecified atom stereocenters. The summed E-state index contributed by atoms with van der Waals surface area (Å²) >= 11 is 0. The summed E-state index contributed by atoms with van der Waals surface area (Å²) < 4.78 is 17.5. The molecule has 3 rings (SSSR count). The number of benzene rings is 1. The fraction of sp³-hybridized carbons (Fsp3) is 0.526. The minimum atomic E-state index is -1.70. The Hall–Kier alpha value is -2.25. The van der Waals surface area contributed by atoms with Crippen molar-refractivity contribution in [3.8, 4) is 12.1 Å². The lowest BCUT2D eigenvalue weighted by Gasteiger charge is -2.59. The van der Waals surface area contributed by atoms with Crippen LogP contribution in [0.15, 0.2) is 24.3 Å². The van der Waals surface area contributed by atoms with Gasteiger partial charge in [-0.05, 0) is 19.4 Å². The SMILES string of the molecule is COC1(OC)C(C)(C)O[C@@H]2c3ccccc3C(=O)C[C@H]2C1(C#N)C#N. The van der Waals surface area contributed by atoms with E-state index in [1.54, 1.807) is 26.0 Å². The molecule has 1 aromatic carbocycles. The molecule has 0 spiro atoms. The van der Waals surface area contributed by atoms with Crippen LogP contribution in [0.2, 0.25) is 0 Å². The van der Waals surface area contributed by atoms with E-state index in [1.807, 2.05) is 12.1 Å². The second kappa shape index (κ2) is 5.64. The monoisotopic (exact) mass is 340 g/mol. The van der Waals surface area contributed by atoms with E-state index in [4.69, 9.17) is 14.2 Å². The number of carbonyl (C=O) groups excluding carboxylic acids is 1. The molecule has 0 amide bonds. The molecule has 1 fully saturated rings. The zero-order valence-corrected chi connectivity index (χ0v) is 14.7. The van der Waals surface area contributed by atoms with E-state index in [0.29, 0.717) is 11.1 Å². The number of ether oxygens (including phenoxy) is 3. The fourth-order valence-electron chi connectivity index (χ4n) is 4.51. The number of methoxy groups -OCH3 is 2. The smallest absolute Gasteiger partial charge is 0.230 e. The van der Waals surface area contributed by atoms with Gasteiger partial charge >= 0.3 is 0 Å². The van der Waals surface area contributed by atoms with Gasteiger partial charge in [0.25, 0.3) is 0 Å². The third-order valence-corrected chi connectivity index (χ3v) is 5.56. The summed E-state index contributed by atoms with van der Waals surface area (Å²) in [5, 5.41) is 20.1. The number of Topliss-reactive ketones (excluding diaryl/α,β-unsaturated/α-hetero) is 1. The minimum Gasteiger partial charge on any atom is -0.361 e. The maximum atomic E-state index is 12.7. The number of rotatable bonds is 2. The second-order valence-corrected chi connectivity index (χ2v) is 6.93. The van der Waals surface area contributed by atoms with Crippen molar-refractivity contribution in [2.24, 2.45) is 11.3 Å². The Morgan fingerprint density at radius 3 is 2.32 bits per heavy atom. The highest BCUT2D eigenvalue weighted by Crippen LogP contribution is 2.61. The molecular formula is C19H20N2O4. The lowest BCUT2D eigenvalue weighted by molar-refractivity contribution is -0.386. The molecular weight excluding hydrogens is 320 g/mol. The summed E-state index contributed by atoms with van der Waals surface area (Å²) in [5.74, 6) is -2.44. The lowest BCUT2D eigenvalue weighted by atomic mass is 9.57. The minimum absolute atomic E-state index is 0.0212. The van der Waals surface area contributed by atoms with Gasteiger partial charge in [0.2, 0.25) is 11.2 Å². The van der Waals surface area contributed by atoms with Crippen LogP contribution in [0.3, 0.4) is 0 Å². The van der Waals surface area contributed by atoms with E-state index in [0.717, 1.165) is 0 Å². The van der Waals surface area contributed by atoms with Crippen molar-refractivity contribution in [3.63, 3.8) is 0 Å². The topological polar surface area (TPSA) is 92.3 Å². The number of hydrogen-bond acceptors (Lipinski definition) is 6. The largest absolute Gasteiger partial charge is 0.361 e. The molecule has 1 aliphatic carbocycles. The molecule has 1 aromatic rings. The number of hydrogen-bond donors (Lipinski definition) is 0. The molecule has 1 heterocycles.